The molecule has 0 saturated heterocycles. The summed E-state index contributed by atoms with van der Waals surface area (Å²) in [6.45, 7) is 4.70. The van der Waals surface area contributed by atoms with Crippen LogP contribution in [0.3, 0.4) is 0 Å². The van der Waals surface area contributed by atoms with E-state index in [4.69, 9.17) is 15.1 Å². The van der Waals surface area contributed by atoms with Crippen LogP contribution in [0.2, 0.25) is 0 Å². The van der Waals surface area contributed by atoms with E-state index < -0.39 is 5.82 Å². The average Bonchev–Trinajstić information content (AvgIpc) is 3.06. The van der Waals surface area contributed by atoms with Gasteiger partial charge >= 0.3 is 0 Å². The van der Waals surface area contributed by atoms with Crippen molar-refractivity contribution in [3.8, 4) is 5.88 Å². The minimum atomic E-state index is -0.405. The molecule has 0 saturated carbocycles. The largest absolute Gasteiger partial charge is 0.492 e. The monoisotopic (exact) mass is 354 g/mol. The predicted octanol–water partition coefficient (Wildman–Crippen LogP) is 3.79. The lowest BCUT2D eigenvalue weighted by Gasteiger charge is -2.19. The summed E-state index contributed by atoms with van der Waals surface area (Å²) in [6, 6.07) is 4.36. The molecule has 0 atom stereocenters. The van der Waals surface area contributed by atoms with E-state index in [0.29, 0.717) is 45.1 Å². The maximum atomic E-state index is 13.9. The van der Waals surface area contributed by atoms with Crippen LogP contribution in [0.1, 0.15) is 32.6 Å². The van der Waals surface area contributed by atoms with Crippen molar-refractivity contribution in [2.24, 2.45) is 5.73 Å². The summed E-state index contributed by atoms with van der Waals surface area (Å²) < 4.78 is 20.0. The lowest BCUT2D eigenvalue weighted by Crippen LogP contribution is -2.19. The van der Waals surface area contributed by atoms with Gasteiger partial charge in [-0.1, -0.05) is 13.8 Å². The highest BCUT2D eigenvalue weighted by atomic mass is 19.1. The van der Waals surface area contributed by atoms with Gasteiger partial charge in [0.2, 0.25) is 11.8 Å². The summed E-state index contributed by atoms with van der Waals surface area (Å²) >= 11 is 0. The molecule has 2 aromatic heterocycles. The Bertz CT molecular complexity index is 1140. The van der Waals surface area contributed by atoms with Crippen molar-refractivity contribution in [1.29, 1.82) is 0 Å². The Morgan fingerprint density at radius 2 is 2.04 bits per heavy atom. The van der Waals surface area contributed by atoms with E-state index in [1.165, 1.54) is 18.3 Å². The highest BCUT2D eigenvalue weighted by molar-refractivity contribution is 6.23. The van der Waals surface area contributed by atoms with E-state index in [2.05, 4.69) is 24.0 Å². The molecule has 0 unspecified atom stereocenters. The fraction of sp³-hybridized carbons (Fsp3) is 0.316. The molecule has 7 heteroatoms. The molecule has 6 nitrogen and oxygen atoms in total. The SMILES string of the molecule is CC(C)(CCCN)c1nc2c3cnnc(O)c3c3cc(F)ccc3c2o1. The molecular weight excluding hydrogens is 335 g/mol. The van der Waals surface area contributed by atoms with Crippen molar-refractivity contribution in [2.45, 2.75) is 32.1 Å². The normalized spacial score (nSPS) is 12.5. The number of fused-ring (bicyclic) bond motifs is 6. The van der Waals surface area contributed by atoms with Crippen LogP contribution in [0.25, 0.3) is 32.6 Å². The van der Waals surface area contributed by atoms with Gasteiger partial charge in [-0.05, 0) is 37.6 Å². The minimum absolute atomic E-state index is 0.257. The van der Waals surface area contributed by atoms with Crippen LogP contribution in [0.4, 0.5) is 4.39 Å². The number of aromatic hydroxyl groups is 1. The number of nitrogens with zero attached hydrogens (tertiary/aromatic N) is 3. The zero-order valence-corrected chi connectivity index (χ0v) is 14.6. The van der Waals surface area contributed by atoms with Crippen molar-refractivity contribution in [2.75, 3.05) is 6.54 Å². The van der Waals surface area contributed by atoms with Crippen LogP contribution in [0.15, 0.2) is 28.8 Å². The van der Waals surface area contributed by atoms with Gasteiger partial charge in [-0.3, -0.25) is 0 Å². The van der Waals surface area contributed by atoms with Crippen LogP contribution in [0.5, 0.6) is 5.88 Å². The van der Waals surface area contributed by atoms with Gasteiger partial charge in [-0.2, -0.15) is 5.10 Å². The van der Waals surface area contributed by atoms with Gasteiger partial charge in [-0.25, -0.2) is 9.37 Å². The lowest BCUT2D eigenvalue weighted by atomic mass is 9.88. The number of hydrogen-bond donors (Lipinski definition) is 2. The zero-order chi connectivity index (χ0) is 18.5. The average molecular weight is 354 g/mol. The second kappa shape index (κ2) is 5.88. The first kappa shape index (κ1) is 16.7. The van der Waals surface area contributed by atoms with Gasteiger partial charge in [-0.15, -0.1) is 5.10 Å². The third-order valence-electron chi connectivity index (χ3n) is 4.79. The molecule has 0 fully saturated rings. The second-order valence-corrected chi connectivity index (χ2v) is 7.12. The molecule has 4 rings (SSSR count). The molecule has 26 heavy (non-hydrogen) atoms. The number of benzene rings is 2. The number of nitrogens with two attached hydrogens (primary N) is 1. The number of oxazole rings is 1. The summed E-state index contributed by atoms with van der Waals surface area (Å²) in [5.41, 5.74) is 6.47. The highest BCUT2D eigenvalue weighted by Gasteiger charge is 2.28. The van der Waals surface area contributed by atoms with Crippen molar-refractivity contribution in [3.63, 3.8) is 0 Å². The van der Waals surface area contributed by atoms with Gasteiger partial charge in [0.1, 0.15) is 11.3 Å². The number of rotatable bonds is 4. The molecule has 0 aliphatic carbocycles. The van der Waals surface area contributed by atoms with Crippen molar-refractivity contribution in [3.05, 3.63) is 36.1 Å². The second-order valence-electron chi connectivity index (χ2n) is 7.12. The first-order chi connectivity index (χ1) is 12.4. The molecule has 0 radical (unpaired) electrons. The molecule has 0 bridgehead atoms. The Hall–Kier alpha value is -2.80. The van der Waals surface area contributed by atoms with E-state index in [0.717, 1.165) is 12.8 Å². The molecule has 4 aromatic rings. The van der Waals surface area contributed by atoms with E-state index >= 15 is 0 Å². The Morgan fingerprint density at radius 3 is 2.81 bits per heavy atom. The first-order valence-electron chi connectivity index (χ1n) is 8.49. The van der Waals surface area contributed by atoms with Crippen LogP contribution in [0, 0.1) is 5.82 Å². The smallest absolute Gasteiger partial charge is 0.239 e. The van der Waals surface area contributed by atoms with Crippen LogP contribution >= 0.6 is 0 Å². The maximum absolute atomic E-state index is 13.9. The van der Waals surface area contributed by atoms with Crippen molar-refractivity contribution < 1.29 is 13.9 Å². The number of hydrogen-bond acceptors (Lipinski definition) is 6. The van der Waals surface area contributed by atoms with Crippen LogP contribution in [-0.4, -0.2) is 26.8 Å². The summed E-state index contributed by atoms with van der Waals surface area (Å²) in [7, 11) is 0. The van der Waals surface area contributed by atoms with Gasteiger partial charge in [0.15, 0.2) is 5.58 Å². The molecule has 0 aliphatic rings. The van der Waals surface area contributed by atoms with Crippen molar-refractivity contribution >= 4 is 32.6 Å². The molecule has 3 N–H and O–H groups in total. The fourth-order valence-electron chi connectivity index (χ4n) is 3.37. The first-order valence-corrected chi connectivity index (χ1v) is 8.49. The van der Waals surface area contributed by atoms with E-state index in [-0.39, 0.29) is 11.3 Å². The Balaban J connectivity index is 2.11. The summed E-state index contributed by atoms with van der Waals surface area (Å²) in [6.07, 6.45) is 3.19. The van der Waals surface area contributed by atoms with Gasteiger partial charge in [0.05, 0.1) is 11.6 Å². The Labute approximate surface area is 148 Å². The Morgan fingerprint density at radius 1 is 1.23 bits per heavy atom. The maximum Gasteiger partial charge on any atom is 0.239 e. The topological polar surface area (TPSA) is 98.1 Å². The Kier molecular flexibility index (Phi) is 3.77. The summed E-state index contributed by atoms with van der Waals surface area (Å²) in [5, 5.41) is 19.9. The van der Waals surface area contributed by atoms with Crippen LogP contribution in [-0.2, 0) is 5.41 Å². The van der Waals surface area contributed by atoms with E-state index in [1.54, 1.807) is 6.07 Å². The molecule has 0 spiro atoms. The van der Waals surface area contributed by atoms with Gasteiger partial charge < -0.3 is 15.3 Å². The highest BCUT2D eigenvalue weighted by Crippen LogP contribution is 2.40. The molecule has 2 heterocycles. The molecular formula is C19H19FN4O2. The molecule has 134 valence electrons. The number of halogens is 1. The summed E-state index contributed by atoms with van der Waals surface area (Å²) in [4.78, 5) is 4.70. The quantitative estimate of drug-likeness (QED) is 0.541. The van der Waals surface area contributed by atoms with E-state index in [9.17, 15) is 9.50 Å². The number of aromatic nitrogens is 3. The molecule has 2 aromatic carbocycles. The minimum Gasteiger partial charge on any atom is -0.492 e. The third-order valence-corrected chi connectivity index (χ3v) is 4.79. The predicted molar refractivity (Wildman–Crippen MR) is 97.5 cm³/mol. The van der Waals surface area contributed by atoms with Crippen molar-refractivity contribution in [1.82, 2.24) is 15.2 Å². The van der Waals surface area contributed by atoms with Gasteiger partial charge in [0, 0.05) is 21.6 Å². The zero-order valence-electron chi connectivity index (χ0n) is 14.6. The molecule has 0 amide bonds. The standard InChI is InChI=1S/C19H19FN4O2/c1-19(2,6-3-7-21)18-23-15-13-9-22-24-17(25)14(13)12-8-10(20)4-5-11(12)16(15)26-18/h4-5,8-9H,3,6-7,21H2,1-2H3,(H,24,25). The lowest BCUT2D eigenvalue weighted by molar-refractivity contribution is 0.357. The van der Waals surface area contributed by atoms with Crippen LogP contribution < -0.4 is 5.73 Å². The van der Waals surface area contributed by atoms with E-state index in [1.807, 2.05) is 0 Å². The fourth-order valence-corrected chi connectivity index (χ4v) is 3.37. The third kappa shape index (κ3) is 2.47. The van der Waals surface area contributed by atoms with Gasteiger partial charge in [0.25, 0.3) is 0 Å². The molecule has 0 aliphatic heterocycles. The summed E-state index contributed by atoms with van der Waals surface area (Å²) in [5.74, 6) is -0.0836.